The Morgan fingerprint density at radius 3 is 2.59 bits per heavy atom. The maximum absolute atomic E-state index is 6.31. The van der Waals surface area contributed by atoms with Crippen molar-refractivity contribution in [2.24, 2.45) is 0 Å². The zero-order chi connectivity index (χ0) is 18.8. The van der Waals surface area contributed by atoms with Gasteiger partial charge in [-0.25, -0.2) is 0 Å². The van der Waals surface area contributed by atoms with Gasteiger partial charge in [0.1, 0.15) is 0 Å². The average molecular weight is 379 g/mol. The summed E-state index contributed by atoms with van der Waals surface area (Å²) in [6, 6.07) is 16.2. The summed E-state index contributed by atoms with van der Waals surface area (Å²) in [4.78, 5) is 4.89. The number of pyridine rings is 1. The summed E-state index contributed by atoms with van der Waals surface area (Å²) in [5, 5.41) is 19.9. The summed E-state index contributed by atoms with van der Waals surface area (Å²) in [5.41, 5.74) is 4.67. The van der Waals surface area contributed by atoms with E-state index in [1.54, 1.807) is 0 Å². The minimum absolute atomic E-state index is 0.325. The minimum Gasteiger partial charge on any atom is -0.309 e. The van der Waals surface area contributed by atoms with Crippen LogP contribution in [0, 0.1) is 0 Å². The molecule has 0 aliphatic carbocycles. The van der Waals surface area contributed by atoms with Crippen LogP contribution in [0.3, 0.4) is 0 Å². The van der Waals surface area contributed by atoms with Crippen LogP contribution in [0.1, 0.15) is 19.5 Å². The number of halogens is 1. The van der Waals surface area contributed by atoms with E-state index in [1.165, 1.54) is 0 Å². The van der Waals surface area contributed by atoms with Crippen LogP contribution < -0.4 is 5.32 Å². The summed E-state index contributed by atoms with van der Waals surface area (Å²) in [5.74, 6) is 0.517. The second kappa shape index (κ2) is 7.42. The van der Waals surface area contributed by atoms with Crippen molar-refractivity contribution in [3.8, 4) is 22.5 Å². The van der Waals surface area contributed by atoms with Gasteiger partial charge in [0, 0.05) is 28.6 Å². The molecule has 0 aliphatic heterocycles. The van der Waals surface area contributed by atoms with E-state index in [-0.39, 0.29) is 0 Å². The second-order valence-electron chi connectivity index (χ2n) is 6.61. The summed E-state index contributed by atoms with van der Waals surface area (Å²) < 4.78 is 0. The highest BCUT2D eigenvalue weighted by atomic mass is 35.5. The molecule has 7 heteroatoms. The van der Waals surface area contributed by atoms with Crippen molar-refractivity contribution >= 4 is 22.5 Å². The molecule has 0 atom stereocenters. The monoisotopic (exact) mass is 378 g/mol. The molecule has 0 saturated carbocycles. The Labute approximate surface area is 162 Å². The van der Waals surface area contributed by atoms with Crippen molar-refractivity contribution in [1.82, 2.24) is 30.9 Å². The number of hydrogen-bond acceptors (Lipinski definition) is 5. The van der Waals surface area contributed by atoms with E-state index in [0.29, 0.717) is 23.4 Å². The van der Waals surface area contributed by atoms with Crippen LogP contribution in [-0.2, 0) is 6.54 Å². The van der Waals surface area contributed by atoms with Crippen molar-refractivity contribution < 1.29 is 0 Å². The topological polar surface area (TPSA) is 79.4 Å². The highest BCUT2D eigenvalue weighted by Gasteiger charge is 2.21. The Morgan fingerprint density at radius 1 is 1.07 bits per heavy atom. The van der Waals surface area contributed by atoms with E-state index < -0.39 is 0 Å². The Kier molecular flexibility index (Phi) is 4.83. The molecule has 0 amide bonds. The first-order valence-electron chi connectivity index (χ1n) is 8.78. The molecule has 4 aromatic rings. The second-order valence-corrected chi connectivity index (χ2v) is 7.04. The van der Waals surface area contributed by atoms with Gasteiger partial charge in [0.2, 0.25) is 5.82 Å². The lowest BCUT2D eigenvalue weighted by Crippen LogP contribution is -2.23. The maximum atomic E-state index is 6.31. The Bertz CT molecular complexity index is 1060. The van der Waals surface area contributed by atoms with Gasteiger partial charge in [-0.3, -0.25) is 4.98 Å². The van der Waals surface area contributed by atoms with Crippen molar-refractivity contribution in [2.75, 3.05) is 0 Å². The lowest BCUT2D eigenvalue weighted by atomic mass is 9.93. The standard InChI is InChI=1S/C20H19ClN6/c1-12(2)22-11-17-19(20-24-26-27-25-20)18(13-6-4-3-5-7-13)15-10-14(21)8-9-16(15)23-17/h3-10,12,22H,11H2,1-2H3,(H,24,25,26,27). The Hall–Kier alpha value is -2.83. The number of H-pyrrole nitrogens is 1. The highest BCUT2D eigenvalue weighted by Crippen LogP contribution is 2.38. The molecule has 2 heterocycles. The SMILES string of the molecule is CC(C)NCc1nc2ccc(Cl)cc2c(-c2ccccc2)c1-c1nn[nH]n1. The number of fused-ring (bicyclic) bond motifs is 1. The van der Waals surface area contributed by atoms with Crippen LogP contribution in [0.15, 0.2) is 48.5 Å². The molecule has 0 spiro atoms. The van der Waals surface area contributed by atoms with Crippen molar-refractivity contribution in [3.05, 3.63) is 59.2 Å². The molecule has 0 aliphatic rings. The molecule has 0 unspecified atom stereocenters. The number of rotatable bonds is 5. The molecule has 0 saturated heterocycles. The third kappa shape index (κ3) is 3.54. The number of nitrogens with one attached hydrogen (secondary N) is 2. The largest absolute Gasteiger partial charge is 0.309 e. The molecule has 27 heavy (non-hydrogen) atoms. The van der Waals surface area contributed by atoms with Gasteiger partial charge in [0.05, 0.1) is 16.8 Å². The number of aromatic nitrogens is 5. The minimum atomic E-state index is 0.325. The van der Waals surface area contributed by atoms with E-state index >= 15 is 0 Å². The van der Waals surface area contributed by atoms with Crippen molar-refractivity contribution in [3.63, 3.8) is 0 Å². The Balaban J connectivity index is 2.08. The molecular formula is C20H19ClN6. The van der Waals surface area contributed by atoms with Gasteiger partial charge in [-0.05, 0) is 29.0 Å². The fraction of sp³-hybridized carbons (Fsp3) is 0.200. The van der Waals surface area contributed by atoms with Gasteiger partial charge in [0.15, 0.2) is 0 Å². The van der Waals surface area contributed by atoms with Gasteiger partial charge in [-0.15, -0.1) is 10.2 Å². The summed E-state index contributed by atoms with van der Waals surface area (Å²) >= 11 is 6.31. The average Bonchev–Trinajstić information content (AvgIpc) is 3.20. The van der Waals surface area contributed by atoms with Crippen molar-refractivity contribution in [1.29, 1.82) is 0 Å². The van der Waals surface area contributed by atoms with E-state index in [9.17, 15) is 0 Å². The number of nitrogens with zero attached hydrogens (tertiary/aromatic N) is 4. The fourth-order valence-electron chi connectivity index (χ4n) is 3.13. The molecular weight excluding hydrogens is 360 g/mol. The highest BCUT2D eigenvalue weighted by molar-refractivity contribution is 6.31. The first-order chi connectivity index (χ1) is 13.1. The fourth-order valence-corrected chi connectivity index (χ4v) is 3.30. The Morgan fingerprint density at radius 2 is 1.89 bits per heavy atom. The molecule has 2 N–H and O–H groups in total. The maximum Gasteiger partial charge on any atom is 0.207 e. The molecule has 4 rings (SSSR count). The molecule has 2 aromatic heterocycles. The molecule has 6 nitrogen and oxygen atoms in total. The normalized spacial score (nSPS) is 11.4. The lowest BCUT2D eigenvalue weighted by molar-refractivity contribution is 0.583. The number of aromatic amines is 1. The van der Waals surface area contributed by atoms with Crippen LogP contribution in [0.5, 0.6) is 0 Å². The van der Waals surface area contributed by atoms with E-state index in [1.807, 2.05) is 36.4 Å². The lowest BCUT2D eigenvalue weighted by Gasteiger charge is -2.17. The molecule has 0 fully saturated rings. The zero-order valence-corrected chi connectivity index (χ0v) is 15.8. The molecule has 0 radical (unpaired) electrons. The summed E-state index contributed by atoms with van der Waals surface area (Å²) in [7, 11) is 0. The zero-order valence-electron chi connectivity index (χ0n) is 15.1. The summed E-state index contributed by atoms with van der Waals surface area (Å²) in [6.07, 6.45) is 0. The van der Waals surface area contributed by atoms with E-state index in [0.717, 1.165) is 33.3 Å². The molecule has 0 bridgehead atoms. The summed E-state index contributed by atoms with van der Waals surface area (Å²) in [6.45, 7) is 4.81. The van der Waals surface area contributed by atoms with E-state index in [4.69, 9.17) is 16.6 Å². The third-order valence-corrected chi connectivity index (χ3v) is 4.57. The predicted molar refractivity (Wildman–Crippen MR) is 107 cm³/mol. The first kappa shape index (κ1) is 17.6. The molecule has 136 valence electrons. The number of hydrogen-bond donors (Lipinski definition) is 2. The van der Waals surface area contributed by atoms with Crippen LogP contribution in [0.25, 0.3) is 33.4 Å². The van der Waals surface area contributed by atoms with E-state index in [2.05, 4.69) is 51.9 Å². The smallest absolute Gasteiger partial charge is 0.207 e. The molecule has 2 aromatic carbocycles. The first-order valence-corrected chi connectivity index (χ1v) is 9.16. The number of benzene rings is 2. The van der Waals surface area contributed by atoms with Crippen LogP contribution in [0.2, 0.25) is 5.02 Å². The predicted octanol–water partition coefficient (Wildman–Crippen LogP) is 4.23. The van der Waals surface area contributed by atoms with Crippen LogP contribution >= 0.6 is 11.6 Å². The van der Waals surface area contributed by atoms with Gasteiger partial charge < -0.3 is 5.32 Å². The van der Waals surface area contributed by atoms with Gasteiger partial charge in [-0.2, -0.15) is 5.21 Å². The quantitative estimate of drug-likeness (QED) is 0.543. The van der Waals surface area contributed by atoms with Gasteiger partial charge >= 0.3 is 0 Å². The van der Waals surface area contributed by atoms with Gasteiger partial charge in [0.25, 0.3) is 0 Å². The third-order valence-electron chi connectivity index (χ3n) is 4.33. The van der Waals surface area contributed by atoms with Crippen molar-refractivity contribution in [2.45, 2.75) is 26.4 Å². The van der Waals surface area contributed by atoms with Crippen LogP contribution in [0.4, 0.5) is 0 Å². The number of tetrazole rings is 1. The van der Waals surface area contributed by atoms with Crippen LogP contribution in [-0.4, -0.2) is 31.6 Å². The van der Waals surface area contributed by atoms with Gasteiger partial charge in [-0.1, -0.05) is 55.8 Å².